The Morgan fingerprint density at radius 2 is 1.36 bits per heavy atom. The van der Waals surface area contributed by atoms with Crippen molar-refractivity contribution in [2.75, 3.05) is 0 Å². The van der Waals surface area contributed by atoms with Gasteiger partial charge in [0.2, 0.25) is 0 Å². The van der Waals surface area contributed by atoms with Crippen molar-refractivity contribution in [2.45, 2.75) is 65.1 Å². The molecule has 0 amide bonds. The lowest BCUT2D eigenvalue weighted by Gasteiger charge is -2.40. The topological polar surface area (TPSA) is 35.5 Å². The molecule has 0 aromatic heterocycles. The van der Waals surface area contributed by atoms with E-state index in [2.05, 4.69) is 38.1 Å². The summed E-state index contributed by atoms with van der Waals surface area (Å²) in [5.74, 6) is 2.95. The quantitative estimate of drug-likeness (QED) is 0.402. The number of carbonyl (C=O) groups excluding carboxylic acids is 1. The van der Waals surface area contributed by atoms with Crippen LogP contribution in [0.2, 0.25) is 0 Å². The number of Topliss-reactive ketones (excluding diaryl/α,β-unsaturated/α-hetero) is 1. The summed E-state index contributed by atoms with van der Waals surface area (Å²) in [4.78, 5) is 13.3. The highest BCUT2D eigenvalue weighted by Gasteiger charge is 2.41. The van der Waals surface area contributed by atoms with Gasteiger partial charge in [-0.1, -0.05) is 74.5 Å². The molecular formula is C30H32O3. The Bertz CT molecular complexity index is 1150. The van der Waals surface area contributed by atoms with Gasteiger partial charge >= 0.3 is 0 Å². The Hall–Kier alpha value is -3.07. The van der Waals surface area contributed by atoms with E-state index < -0.39 is 0 Å². The summed E-state index contributed by atoms with van der Waals surface area (Å²) >= 11 is 0. The van der Waals surface area contributed by atoms with Crippen LogP contribution in [0, 0.1) is 12.8 Å². The summed E-state index contributed by atoms with van der Waals surface area (Å²) in [5.41, 5.74) is 6.50. The van der Waals surface area contributed by atoms with Crippen molar-refractivity contribution in [2.24, 2.45) is 5.92 Å². The van der Waals surface area contributed by atoms with Crippen LogP contribution in [0.3, 0.4) is 0 Å². The van der Waals surface area contributed by atoms with E-state index in [9.17, 15) is 4.79 Å². The minimum atomic E-state index is 0.251. The zero-order valence-corrected chi connectivity index (χ0v) is 19.8. The van der Waals surface area contributed by atoms with Gasteiger partial charge in [-0.15, -0.1) is 0 Å². The van der Waals surface area contributed by atoms with Gasteiger partial charge in [0.15, 0.2) is 17.3 Å². The number of hydrogen-bond donors (Lipinski definition) is 0. The van der Waals surface area contributed by atoms with Gasteiger partial charge in [-0.05, 0) is 54.2 Å². The van der Waals surface area contributed by atoms with Crippen molar-refractivity contribution in [3.8, 4) is 11.5 Å². The summed E-state index contributed by atoms with van der Waals surface area (Å²) in [6, 6.07) is 20.4. The van der Waals surface area contributed by atoms with Crippen molar-refractivity contribution in [1.82, 2.24) is 0 Å². The molecule has 0 heterocycles. The Balaban J connectivity index is 1.63. The molecule has 33 heavy (non-hydrogen) atoms. The van der Waals surface area contributed by atoms with Crippen LogP contribution < -0.4 is 9.47 Å². The predicted molar refractivity (Wildman–Crippen MR) is 131 cm³/mol. The molecular weight excluding hydrogens is 408 g/mol. The lowest BCUT2D eigenvalue weighted by atomic mass is 9.64. The first-order valence-corrected chi connectivity index (χ1v) is 12.1. The van der Waals surface area contributed by atoms with E-state index in [1.54, 1.807) is 0 Å². The van der Waals surface area contributed by atoms with Crippen LogP contribution in [0.15, 0.2) is 60.7 Å². The van der Waals surface area contributed by atoms with Crippen molar-refractivity contribution >= 4 is 5.78 Å². The summed E-state index contributed by atoms with van der Waals surface area (Å²) in [7, 11) is 0. The van der Waals surface area contributed by atoms with Crippen LogP contribution in [-0.4, -0.2) is 5.78 Å². The highest BCUT2D eigenvalue weighted by molar-refractivity contribution is 6.02. The summed E-state index contributed by atoms with van der Waals surface area (Å²) in [5, 5.41) is 0. The van der Waals surface area contributed by atoms with E-state index >= 15 is 0 Å². The number of ketones is 1. The van der Waals surface area contributed by atoms with Gasteiger partial charge in [-0.2, -0.15) is 0 Å². The first-order chi connectivity index (χ1) is 16.0. The minimum Gasteiger partial charge on any atom is -0.485 e. The average Bonchev–Trinajstić information content (AvgIpc) is 2.82. The van der Waals surface area contributed by atoms with Gasteiger partial charge < -0.3 is 9.47 Å². The molecule has 0 unspecified atom stereocenters. The maximum absolute atomic E-state index is 13.3. The fourth-order valence-electron chi connectivity index (χ4n) is 5.70. The molecule has 0 fully saturated rings. The molecule has 5 rings (SSSR count). The van der Waals surface area contributed by atoms with E-state index in [1.165, 1.54) is 11.1 Å². The van der Waals surface area contributed by atoms with Crippen molar-refractivity contribution < 1.29 is 14.3 Å². The fourth-order valence-corrected chi connectivity index (χ4v) is 5.70. The Labute approximate surface area is 196 Å². The van der Waals surface area contributed by atoms with Crippen molar-refractivity contribution in [3.05, 3.63) is 94.0 Å². The van der Waals surface area contributed by atoms with Gasteiger partial charge in [0.05, 0.1) is 0 Å². The van der Waals surface area contributed by atoms with Crippen LogP contribution in [0.5, 0.6) is 11.5 Å². The Kier molecular flexibility index (Phi) is 5.97. The molecule has 0 bridgehead atoms. The van der Waals surface area contributed by atoms with Crippen molar-refractivity contribution in [1.29, 1.82) is 0 Å². The summed E-state index contributed by atoms with van der Waals surface area (Å²) in [6.45, 7) is 7.46. The molecule has 0 radical (unpaired) electrons. The average molecular weight is 441 g/mol. The van der Waals surface area contributed by atoms with Crippen LogP contribution in [0.4, 0.5) is 0 Å². The van der Waals surface area contributed by atoms with Gasteiger partial charge in [0.1, 0.15) is 13.2 Å². The van der Waals surface area contributed by atoms with Crippen LogP contribution >= 0.6 is 0 Å². The third-order valence-corrected chi connectivity index (χ3v) is 7.43. The SMILES string of the molecule is Cc1c(OCc2ccccc2)c(OCc2ccccc2)c2c3c1C(=O)C[C@H](C)[C@H]3CC[C@@H]2C. The van der Waals surface area contributed by atoms with Crippen LogP contribution in [0.1, 0.15) is 83.1 Å². The number of benzene rings is 3. The molecule has 2 aliphatic carbocycles. The standard InChI is InChI=1S/C30H32O3/c1-19-14-15-24-20(2)16-25(31)27-21(3)29(32-17-22-10-6-4-7-11-22)30(26(19)28(24)27)33-18-23-12-8-5-9-13-23/h4-13,19-20,24H,14-18H2,1-3H3/t19-,20-,24+/m0/s1. The molecule has 3 heteroatoms. The van der Waals surface area contributed by atoms with E-state index in [1.807, 2.05) is 43.3 Å². The number of hydrogen-bond acceptors (Lipinski definition) is 3. The lowest BCUT2D eigenvalue weighted by Crippen LogP contribution is -2.30. The third-order valence-electron chi connectivity index (χ3n) is 7.43. The van der Waals surface area contributed by atoms with Gasteiger partial charge in [-0.25, -0.2) is 0 Å². The first-order valence-electron chi connectivity index (χ1n) is 12.1. The predicted octanol–water partition coefficient (Wildman–Crippen LogP) is 7.36. The summed E-state index contributed by atoms with van der Waals surface area (Å²) in [6.07, 6.45) is 2.87. The fraction of sp³-hybridized carbons (Fsp3) is 0.367. The maximum Gasteiger partial charge on any atom is 0.165 e. The lowest BCUT2D eigenvalue weighted by molar-refractivity contribution is 0.0935. The third kappa shape index (κ3) is 4.06. The number of carbonyl (C=O) groups is 1. The normalized spacial score (nSPS) is 21.4. The molecule has 0 saturated heterocycles. The molecule has 3 nitrogen and oxygen atoms in total. The Morgan fingerprint density at radius 3 is 1.97 bits per heavy atom. The monoisotopic (exact) mass is 440 g/mol. The molecule has 0 saturated carbocycles. The highest BCUT2D eigenvalue weighted by Crippen LogP contribution is 2.55. The zero-order valence-electron chi connectivity index (χ0n) is 19.8. The van der Waals surface area contributed by atoms with E-state index in [-0.39, 0.29) is 5.78 Å². The highest BCUT2D eigenvalue weighted by atomic mass is 16.5. The second-order valence-corrected chi connectivity index (χ2v) is 9.72. The minimum absolute atomic E-state index is 0.251. The largest absolute Gasteiger partial charge is 0.485 e. The van der Waals surface area contributed by atoms with E-state index in [4.69, 9.17) is 9.47 Å². The second kappa shape index (κ2) is 9.05. The van der Waals surface area contributed by atoms with Gasteiger partial charge in [0, 0.05) is 23.1 Å². The molecule has 0 spiro atoms. The van der Waals surface area contributed by atoms with E-state index in [0.29, 0.717) is 37.4 Å². The smallest absolute Gasteiger partial charge is 0.165 e. The second-order valence-electron chi connectivity index (χ2n) is 9.72. The molecule has 0 aliphatic heterocycles. The number of rotatable bonds is 6. The van der Waals surface area contributed by atoms with Crippen LogP contribution in [0.25, 0.3) is 0 Å². The zero-order chi connectivity index (χ0) is 22.9. The first kappa shape index (κ1) is 21.8. The van der Waals surface area contributed by atoms with Gasteiger partial charge in [0.25, 0.3) is 0 Å². The number of ether oxygens (including phenoxy) is 2. The molecule has 3 aromatic rings. The van der Waals surface area contributed by atoms with Crippen molar-refractivity contribution in [3.63, 3.8) is 0 Å². The maximum atomic E-state index is 13.3. The Morgan fingerprint density at radius 1 is 0.788 bits per heavy atom. The summed E-state index contributed by atoms with van der Waals surface area (Å²) < 4.78 is 13.0. The van der Waals surface area contributed by atoms with E-state index in [0.717, 1.165) is 46.6 Å². The molecule has 2 aliphatic rings. The van der Waals surface area contributed by atoms with Crippen LogP contribution in [-0.2, 0) is 13.2 Å². The molecule has 3 aromatic carbocycles. The molecule has 0 N–H and O–H groups in total. The van der Waals surface area contributed by atoms with Gasteiger partial charge in [-0.3, -0.25) is 4.79 Å². The molecule has 170 valence electrons. The molecule has 3 atom stereocenters.